The molecule has 0 radical (unpaired) electrons. The maximum atomic E-state index is 12.7. The molecule has 2 unspecified atom stereocenters. The Bertz CT molecular complexity index is 529. The minimum atomic E-state index is 0.0586. The maximum absolute atomic E-state index is 12.7. The number of carbonyl (C=O) groups is 1. The van der Waals surface area contributed by atoms with Crippen molar-refractivity contribution in [1.29, 1.82) is 0 Å². The topological polar surface area (TPSA) is 55.6 Å². The lowest BCUT2D eigenvalue weighted by Gasteiger charge is -2.38. The number of rotatable bonds is 2. The van der Waals surface area contributed by atoms with Gasteiger partial charge < -0.3 is 15.4 Å². The molecule has 1 aromatic rings. The van der Waals surface area contributed by atoms with Gasteiger partial charge in [-0.25, -0.2) is 0 Å². The van der Waals surface area contributed by atoms with Gasteiger partial charge in [0.2, 0.25) is 0 Å². The Labute approximate surface area is 123 Å². The van der Waals surface area contributed by atoms with Crippen molar-refractivity contribution in [3.63, 3.8) is 0 Å². The van der Waals surface area contributed by atoms with E-state index in [4.69, 9.17) is 10.5 Å². The van der Waals surface area contributed by atoms with Crippen molar-refractivity contribution < 1.29 is 9.53 Å². The van der Waals surface area contributed by atoms with Gasteiger partial charge in [0.15, 0.2) is 0 Å². The lowest BCUT2D eigenvalue weighted by Crippen LogP contribution is -2.51. The van der Waals surface area contributed by atoms with Crippen LogP contribution in [0.15, 0.2) is 11.4 Å². The Morgan fingerprint density at radius 2 is 2.45 bits per heavy atom. The van der Waals surface area contributed by atoms with Crippen molar-refractivity contribution in [2.75, 3.05) is 19.7 Å². The van der Waals surface area contributed by atoms with E-state index in [9.17, 15) is 4.79 Å². The second kappa shape index (κ2) is 6.89. The van der Waals surface area contributed by atoms with Crippen LogP contribution in [0.4, 0.5) is 0 Å². The van der Waals surface area contributed by atoms with Crippen LogP contribution in [0.25, 0.3) is 0 Å². The van der Waals surface area contributed by atoms with Crippen molar-refractivity contribution in [3.05, 3.63) is 21.9 Å². The van der Waals surface area contributed by atoms with Gasteiger partial charge in [-0.2, -0.15) is 0 Å². The first-order valence-electron chi connectivity index (χ1n) is 6.86. The number of carbonyl (C=O) groups excluding carboxylic acids is 1. The molecule has 0 bridgehead atoms. The number of hydrogen-bond donors (Lipinski definition) is 1. The summed E-state index contributed by atoms with van der Waals surface area (Å²) in [6, 6.07) is 2.03. The third kappa shape index (κ3) is 3.21. The summed E-state index contributed by atoms with van der Waals surface area (Å²) in [5, 5.41) is 1.90. The summed E-state index contributed by atoms with van der Waals surface area (Å²) in [5.74, 6) is 5.84. The summed E-state index contributed by atoms with van der Waals surface area (Å²) in [4.78, 5) is 15.4. The lowest BCUT2D eigenvalue weighted by molar-refractivity contribution is -0.0442. The largest absolute Gasteiger partial charge is 0.375 e. The van der Waals surface area contributed by atoms with E-state index >= 15 is 0 Å². The Kier molecular flexibility index (Phi) is 5.18. The fourth-order valence-electron chi connectivity index (χ4n) is 2.28. The van der Waals surface area contributed by atoms with E-state index in [0.717, 1.165) is 12.0 Å². The molecule has 108 valence electrons. The van der Waals surface area contributed by atoms with E-state index in [1.165, 1.54) is 11.3 Å². The Hall–Kier alpha value is -1.35. The average Bonchev–Trinajstić information content (AvgIpc) is 2.92. The van der Waals surface area contributed by atoms with E-state index in [1.807, 2.05) is 23.3 Å². The van der Waals surface area contributed by atoms with Crippen molar-refractivity contribution in [2.24, 2.45) is 5.73 Å². The zero-order valence-electron chi connectivity index (χ0n) is 11.9. The predicted molar refractivity (Wildman–Crippen MR) is 80.8 cm³/mol. The molecule has 0 saturated carbocycles. The van der Waals surface area contributed by atoms with Gasteiger partial charge in [0.05, 0.1) is 25.3 Å². The number of nitrogens with two attached hydrogens (primary N) is 1. The molecule has 5 heteroatoms. The summed E-state index contributed by atoms with van der Waals surface area (Å²) >= 11 is 1.44. The fraction of sp³-hybridized carbons (Fsp3) is 0.533. The second-order valence-corrected chi connectivity index (χ2v) is 5.75. The lowest BCUT2D eigenvalue weighted by atomic mass is 10.1. The molecule has 2 rings (SSSR count). The molecule has 2 N–H and O–H groups in total. The van der Waals surface area contributed by atoms with E-state index in [0.29, 0.717) is 24.6 Å². The third-order valence-electron chi connectivity index (χ3n) is 3.38. The van der Waals surface area contributed by atoms with Crippen LogP contribution in [0.5, 0.6) is 0 Å². The van der Waals surface area contributed by atoms with Gasteiger partial charge in [0.1, 0.15) is 4.88 Å². The highest BCUT2D eigenvalue weighted by atomic mass is 32.1. The molecule has 2 atom stereocenters. The monoisotopic (exact) mass is 292 g/mol. The molecular formula is C15H20N2O2S. The van der Waals surface area contributed by atoms with Crippen LogP contribution in [0.1, 0.15) is 35.5 Å². The highest BCUT2D eigenvalue weighted by Crippen LogP contribution is 2.23. The summed E-state index contributed by atoms with van der Waals surface area (Å²) in [7, 11) is 0. The minimum Gasteiger partial charge on any atom is -0.375 e. The Balaban J connectivity index is 2.23. The molecule has 0 spiro atoms. The van der Waals surface area contributed by atoms with Gasteiger partial charge in [0.25, 0.3) is 5.91 Å². The van der Waals surface area contributed by atoms with Gasteiger partial charge in [0, 0.05) is 12.1 Å². The molecular weight excluding hydrogens is 272 g/mol. The number of hydrogen-bond acceptors (Lipinski definition) is 4. The Morgan fingerprint density at radius 1 is 1.65 bits per heavy atom. The Morgan fingerprint density at radius 3 is 3.15 bits per heavy atom. The highest BCUT2D eigenvalue weighted by Gasteiger charge is 2.31. The molecule has 1 fully saturated rings. The first-order chi connectivity index (χ1) is 9.67. The SMILES string of the molecule is CCC1COC(C)CN1C(=O)c1sccc1C#CCN. The van der Waals surface area contributed by atoms with E-state index in [2.05, 4.69) is 18.8 Å². The zero-order chi connectivity index (χ0) is 14.5. The molecule has 1 aliphatic heterocycles. The average molecular weight is 292 g/mol. The van der Waals surface area contributed by atoms with Crippen LogP contribution in [-0.2, 0) is 4.74 Å². The quantitative estimate of drug-likeness (QED) is 0.844. The first-order valence-corrected chi connectivity index (χ1v) is 7.74. The van der Waals surface area contributed by atoms with E-state index in [1.54, 1.807) is 0 Å². The summed E-state index contributed by atoms with van der Waals surface area (Å²) in [6.07, 6.45) is 0.980. The molecule has 1 aliphatic rings. The summed E-state index contributed by atoms with van der Waals surface area (Å²) < 4.78 is 5.64. The number of amides is 1. The number of morpholine rings is 1. The van der Waals surface area contributed by atoms with Crippen LogP contribution >= 0.6 is 11.3 Å². The molecule has 2 heterocycles. The van der Waals surface area contributed by atoms with Crippen LogP contribution < -0.4 is 5.73 Å². The molecule has 1 saturated heterocycles. The molecule has 0 aromatic carbocycles. The van der Waals surface area contributed by atoms with Crippen molar-refractivity contribution >= 4 is 17.2 Å². The van der Waals surface area contributed by atoms with Gasteiger partial charge in [-0.15, -0.1) is 11.3 Å². The smallest absolute Gasteiger partial charge is 0.265 e. The van der Waals surface area contributed by atoms with E-state index < -0.39 is 0 Å². The zero-order valence-corrected chi connectivity index (χ0v) is 12.7. The van der Waals surface area contributed by atoms with Crippen molar-refractivity contribution in [1.82, 2.24) is 4.90 Å². The second-order valence-electron chi connectivity index (χ2n) is 4.83. The highest BCUT2D eigenvalue weighted by molar-refractivity contribution is 7.12. The molecule has 1 amide bonds. The van der Waals surface area contributed by atoms with Gasteiger partial charge in [-0.3, -0.25) is 4.79 Å². The number of nitrogens with zero attached hydrogens (tertiary/aromatic N) is 1. The van der Waals surface area contributed by atoms with Crippen molar-refractivity contribution in [3.8, 4) is 11.8 Å². The molecule has 20 heavy (non-hydrogen) atoms. The summed E-state index contributed by atoms with van der Waals surface area (Å²) in [5.41, 5.74) is 6.17. The number of thiophene rings is 1. The molecule has 0 aliphatic carbocycles. The third-order valence-corrected chi connectivity index (χ3v) is 4.29. The fourth-order valence-corrected chi connectivity index (χ4v) is 3.09. The van der Waals surface area contributed by atoms with Crippen LogP contribution in [0.3, 0.4) is 0 Å². The van der Waals surface area contributed by atoms with E-state index in [-0.39, 0.29) is 18.1 Å². The van der Waals surface area contributed by atoms with Gasteiger partial charge in [-0.05, 0) is 24.8 Å². The number of ether oxygens (including phenoxy) is 1. The summed E-state index contributed by atoms with van der Waals surface area (Å²) in [6.45, 7) is 5.62. The molecule has 4 nitrogen and oxygen atoms in total. The van der Waals surface area contributed by atoms with Crippen LogP contribution in [0, 0.1) is 11.8 Å². The van der Waals surface area contributed by atoms with Gasteiger partial charge in [-0.1, -0.05) is 18.8 Å². The standard InChI is InChI=1S/C15H20N2O2S/c1-3-13-10-19-11(2)9-17(13)15(18)14-12(5-4-7-16)6-8-20-14/h6,8,11,13H,3,7,9-10,16H2,1-2H3. The first kappa shape index (κ1) is 15.0. The van der Waals surface area contributed by atoms with Crippen LogP contribution in [-0.4, -0.2) is 42.6 Å². The van der Waals surface area contributed by atoms with Crippen molar-refractivity contribution in [2.45, 2.75) is 32.4 Å². The normalized spacial score (nSPS) is 22.2. The van der Waals surface area contributed by atoms with Gasteiger partial charge >= 0.3 is 0 Å². The predicted octanol–water partition coefficient (Wildman–Crippen LogP) is 1.70. The van der Waals surface area contributed by atoms with Crippen LogP contribution in [0.2, 0.25) is 0 Å². The molecule has 1 aromatic heterocycles. The maximum Gasteiger partial charge on any atom is 0.265 e. The minimum absolute atomic E-state index is 0.0586.